The molecule has 3 aromatic rings. The second-order valence-electron chi connectivity index (χ2n) is 9.23. The van der Waals surface area contributed by atoms with Crippen LogP contribution in [0.2, 0.25) is 0 Å². The number of halogens is 1. The van der Waals surface area contributed by atoms with Crippen molar-refractivity contribution in [2.24, 2.45) is 5.92 Å². The minimum atomic E-state index is 0.0889. The number of likely N-dealkylation sites (tertiary alicyclic amines) is 1. The molecular weight excluding hydrogens is 478 g/mol. The molecule has 0 bridgehead atoms. The number of rotatable bonds is 5. The lowest BCUT2D eigenvalue weighted by Crippen LogP contribution is -2.42. The minimum absolute atomic E-state index is 0.0889. The second-order valence-corrected chi connectivity index (χ2v) is 10.2. The van der Waals surface area contributed by atoms with Gasteiger partial charge in [0, 0.05) is 22.5 Å². The van der Waals surface area contributed by atoms with Crippen molar-refractivity contribution < 1.29 is 9.21 Å². The van der Waals surface area contributed by atoms with Gasteiger partial charge in [0.2, 0.25) is 11.8 Å². The Morgan fingerprint density at radius 3 is 2.79 bits per heavy atom. The molecule has 5 nitrogen and oxygen atoms in total. The fourth-order valence-corrected chi connectivity index (χ4v) is 5.48. The van der Waals surface area contributed by atoms with E-state index in [1.54, 1.807) is 0 Å². The summed E-state index contributed by atoms with van der Waals surface area (Å²) in [4.78, 5) is 20.2. The molecule has 172 valence electrons. The van der Waals surface area contributed by atoms with Gasteiger partial charge in [-0.3, -0.25) is 9.69 Å². The third kappa shape index (κ3) is 5.07. The number of fused-ring (bicyclic) bond motifs is 1. The molecule has 5 rings (SSSR count). The first-order chi connectivity index (χ1) is 16.1. The number of nitrogens with one attached hydrogen (secondary N) is 1. The number of oxazole rings is 1. The molecule has 1 saturated heterocycles. The Labute approximate surface area is 203 Å². The number of piperidine rings is 1. The summed E-state index contributed by atoms with van der Waals surface area (Å²) in [6.45, 7) is 4.54. The molecule has 2 heterocycles. The zero-order valence-corrected chi connectivity index (χ0v) is 20.6. The molecule has 1 aliphatic carbocycles. The summed E-state index contributed by atoms with van der Waals surface area (Å²) >= 11 is 3.51. The molecule has 1 aliphatic heterocycles. The van der Waals surface area contributed by atoms with E-state index in [0.29, 0.717) is 5.89 Å². The Bertz CT molecular complexity index is 1130. The Kier molecular flexibility index (Phi) is 6.65. The number of hydrogen-bond donors (Lipinski definition) is 1. The maximum absolute atomic E-state index is 13.0. The van der Waals surface area contributed by atoms with Gasteiger partial charge in [0.15, 0.2) is 0 Å². The van der Waals surface area contributed by atoms with Crippen molar-refractivity contribution >= 4 is 21.8 Å². The van der Waals surface area contributed by atoms with E-state index in [9.17, 15) is 4.79 Å². The van der Waals surface area contributed by atoms with Gasteiger partial charge in [-0.2, -0.15) is 0 Å². The van der Waals surface area contributed by atoms with Crippen LogP contribution >= 0.6 is 15.9 Å². The number of hydrogen-bond acceptors (Lipinski definition) is 4. The summed E-state index contributed by atoms with van der Waals surface area (Å²) in [6.07, 6.45) is 5.06. The molecule has 6 heteroatoms. The van der Waals surface area contributed by atoms with Crippen molar-refractivity contribution in [1.29, 1.82) is 0 Å². The Morgan fingerprint density at radius 2 is 1.97 bits per heavy atom. The van der Waals surface area contributed by atoms with Crippen LogP contribution in [0.5, 0.6) is 0 Å². The highest BCUT2D eigenvalue weighted by atomic mass is 79.9. The van der Waals surface area contributed by atoms with Crippen molar-refractivity contribution in [1.82, 2.24) is 15.2 Å². The first-order valence-electron chi connectivity index (χ1n) is 11.9. The van der Waals surface area contributed by atoms with Crippen LogP contribution in [0.15, 0.2) is 57.4 Å². The summed E-state index contributed by atoms with van der Waals surface area (Å²) in [5, 5.41) is 3.36. The van der Waals surface area contributed by atoms with Crippen molar-refractivity contribution in [3.8, 4) is 11.5 Å². The average molecular weight is 508 g/mol. The summed E-state index contributed by atoms with van der Waals surface area (Å²) in [5.41, 5.74) is 4.64. The third-order valence-corrected chi connectivity index (χ3v) is 7.48. The van der Waals surface area contributed by atoms with E-state index in [1.807, 2.05) is 31.2 Å². The summed E-state index contributed by atoms with van der Waals surface area (Å²) in [5.74, 6) is 1.82. The van der Waals surface area contributed by atoms with Gasteiger partial charge < -0.3 is 9.73 Å². The Balaban J connectivity index is 1.16. The second kappa shape index (κ2) is 9.82. The number of benzene rings is 2. The fourth-order valence-electron chi connectivity index (χ4n) is 5.08. The number of amides is 1. The van der Waals surface area contributed by atoms with Gasteiger partial charge in [-0.1, -0.05) is 46.3 Å². The zero-order chi connectivity index (χ0) is 22.8. The van der Waals surface area contributed by atoms with Crippen LogP contribution in [-0.2, 0) is 17.8 Å². The normalized spacial score (nSPS) is 19.3. The monoisotopic (exact) mass is 507 g/mol. The van der Waals surface area contributed by atoms with Crippen LogP contribution in [0.3, 0.4) is 0 Å². The lowest BCUT2D eigenvalue weighted by molar-refractivity contribution is -0.127. The molecule has 0 spiro atoms. The molecule has 1 N–H and O–H groups in total. The fraction of sp³-hybridized carbons (Fsp3) is 0.407. The zero-order valence-electron chi connectivity index (χ0n) is 19.0. The molecule has 1 unspecified atom stereocenters. The maximum atomic E-state index is 13.0. The van der Waals surface area contributed by atoms with Crippen LogP contribution < -0.4 is 5.32 Å². The molecule has 2 aromatic carbocycles. The van der Waals surface area contributed by atoms with Crippen LogP contribution in [0.25, 0.3) is 11.5 Å². The minimum Gasteiger partial charge on any atom is -0.441 e. The maximum Gasteiger partial charge on any atom is 0.226 e. The third-order valence-electron chi connectivity index (χ3n) is 6.98. The summed E-state index contributed by atoms with van der Waals surface area (Å²) in [6, 6.07) is 16.7. The van der Waals surface area contributed by atoms with Crippen molar-refractivity contribution in [2.45, 2.75) is 51.6 Å². The Hall–Kier alpha value is -2.44. The quantitative estimate of drug-likeness (QED) is 0.472. The largest absolute Gasteiger partial charge is 0.441 e. The molecule has 1 atom stereocenters. The van der Waals surface area contributed by atoms with E-state index in [0.717, 1.165) is 73.2 Å². The van der Waals surface area contributed by atoms with Gasteiger partial charge in [0.05, 0.1) is 11.7 Å². The number of aromatic nitrogens is 1. The highest BCUT2D eigenvalue weighted by Gasteiger charge is 2.29. The number of carbonyl (C=O) groups is 1. The van der Waals surface area contributed by atoms with Crippen LogP contribution in [0, 0.1) is 12.8 Å². The lowest BCUT2D eigenvalue weighted by atomic mass is 9.87. The van der Waals surface area contributed by atoms with E-state index < -0.39 is 0 Å². The standard InChI is InChI=1S/C27H30BrN3O2/c1-18-25(30-27(33-18)21-8-4-9-22(28)16-21)17-31-14-12-20(13-15-31)26(32)29-24-11-5-7-19-6-2-3-10-23(19)24/h2-4,6,8-10,16,20,24H,5,7,11-15,17H2,1H3,(H,29,32). The van der Waals surface area contributed by atoms with Gasteiger partial charge in [0.1, 0.15) is 5.76 Å². The van der Waals surface area contributed by atoms with Crippen molar-refractivity contribution in [3.63, 3.8) is 0 Å². The highest BCUT2D eigenvalue weighted by Crippen LogP contribution is 2.31. The predicted molar refractivity (Wildman–Crippen MR) is 133 cm³/mol. The van der Waals surface area contributed by atoms with Crippen LogP contribution in [0.1, 0.15) is 54.3 Å². The van der Waals surface area contributed by atoms with Crippen LogP contribution in [-0.4, -0.2) is 28.9 Å². The first-order valence-corrected chi connectivity index (χ1v) is 12.7. The van der Waals surface area contributed by atoms with E-state index in [-0.39, 0.29) is 17.9 Å². The summed E-state index contributed by atoms with van der Waals surface area (Å²) < 4.78 is 6.96. The Morgan fingerprint density at radius 1 is 1.15 bits per heavy atom. The number of aryl methyl sites for hydroxylation is 2. The van der Waals surface area contributed by atoms with E-state index in [2.05, 4.69) is 50.4 Å². The SMILES string of the molecule is Cc1oc(-c2cccc(Br)c2)nc1CN1CCC(C(=O)NC2CCCc3ccccc32)CC1. The van der Waals surface area contributed by atoms with E-state index >= 15 is 0 Å². The number of nitrogens with zero attached hydrogens (tertiary/aromatic N) is 2. The lowest BCUT2D eigenvalue weighted by Gasteiger charge is -2.33. The van der Waals surface area contributed by atoms with E-state index in [4.69, 9.17) is 9.40 Å². The van der Waals surface area contributed by atoms with Crippen LogP contribution in [0.4, 0.5) is 0 Å². The molecule has 0 saturated carbocycles. The molecule has 0 radical (unpaired) electrons. The molecular formula is C27H30BrN3O2. The predicted octanol–water partition coefficient (Wildman–Crippen LogP) is 5.82. The van der Waals surface area contributed by atoms with Gasteiger partial charge in [-0.25, -0.2) is 4.98 Å². The smallest absolute Gasteiger partial charge is 0.226 e. The van der Waals surface area contributed by atoms with E-state index in [1.165, 1.54) is 11.1 Å². The van der Waals surface area contributed by atoms with Crippen molar-refractivity contribution in [2.75, 3.05) is 13.1 Å². The average Bonchev–Trinajstić information content (AvgIpc) is 3.20. The number of carbonyl (C=O) groups excluding carboxylic acids is 1. The van der Waals surface area contributed by atoms with Gasteiger partial charge in [-0.15, -0.1) is 0 Å². The van der Waals surface area contributed by atoms with Crippen molar-refractivity contribution in [3.05, 3.63) is 75.6 Å². The van der Waals surface area contributed by atoms with Gasteiger partial charge in [0.25, 0.3) is 0 Å². The molecule has 33 heavy (non-hydrogen) atoms. The highest BCUT2D eigenvalue weighted by molar-refractivity contribution is 9.10. The molecule has 1 amide bonds. The van der Waals surface area contributed by atoms with Gasteiger partial charge >= 0.3 is 0 Å². The molecule has 2 aliphatic rings. The van der Waals surface area contributed by atoms with Gasteiger partial charge in [-0.05, 0) is 81.4 Å². The topological polar surface area (TPSA) is 58.4 Å². The summed E-state index contributed by atoms with van der Waals surface area (Å²) in [7, 11) is 0. The molecule has 1 aromatic heterocycles. The molecule has 1 fully saturated rings. The first kappa shape index (κ1) is 22.4.